The summed E-state index contributed by atoms with van der Waals surface area (Å²) in [6, 6.07) is 0. The zero-order chi connectivity index (χ0) is 11.1. The van der Waals surface area contributed by atoms with Crippen LogP contribution >= 0.6 is 0 Å². The molecule has 0 aromatic heterocycles. The summed E-state index contributed by atoms with van der Waals surface area (Å²) in [5.74, 6) is 10.2. The highest BCUT2D eigenvalue weighted by Crippen LogP contribution is 1.88. The Labute approximate surface area is 83.5 Å². The summed E-state index contributed by atoms with van der Waals surface area (Å²) < 4.78 is 0. The van der Waals surface area contributed by atoms with Gasteiger partial charge in [0.25, 0.3) is 0 Å². The van der Waals surface area contributed by atoms with Crippen LogP contribution in [-0.4, -0.2) is 22.8 Å². The van der Waals surface area contributed by atoms with Crippen molar-refractivity contribution in [3.8, 4) is 0 Å². The van der Waals surface area contributed by atoms with Crippen molar-refractivity contribution in [3.63, 3.8) is 0 Å². The van der Waals surface area contributed by atoms with Crippen LogP contribution in [0, 0.1) is 0 Å². The van der Waals surface area contributed by atoms with Crippen molar-refractivity contribution in [2.24, 2.45) is 32.1 Å². The normalized spacial score (nSPS) is 16.0. The van der Waals surface area contributed by atoms with Crippen LogP contribution in [0.3, 0.4) is 0 Å². The van der Waals surface area contributed by atoms with Gasteiger partial charge in [-0.25, -0.2) is 0 Å². The van der Waals surface area contributed by atoms with Crippen molar-refractivity contribution in [3.05, 3.63) is 0 Å². The molecular weight excluding hydrogens is 180 g/mol. The fourth-order valence-electron chi connectivity index (χ4n) is 0.482. The molecule has 0 rings (SSSR count). The van der Waals surface area contributed by atoms with Crippen molar-refractivity contribution in [1.82, 2.24) is 0 Å². The number of hydrazone groups is 2. The van der Waals surface area contributed by atoms with Gasteiger partial charge in [0, 0.05) is 0 Å². The number of nitrogens with zero attached hydrogens (tertiary/aromatic N) is 4. The molecule has 0 unspecified atom stereocenters. The lowest BCUT2D eigenvalue weighted by Gasteiger charge is -1.96. The van der Waals surface area contributed by atoms with E-state index in [9.17, 15) is 0 Å². The van der Waals surface area contributed by atoms with Crippen molar-refractivity contribution in [2.75, 3.05) is 0 Å². The van der Waals surface area contributed by atoms with Crippen LogP contribution in [-0.2, 0) is 0 Å². The standard InChI is InChI=1S/C8H16N6/c1-5(11-9)7(3)13-14-8(4)6(2)12-10/h9-10H2,1-4H3/b11-5+,12-6+,13-7+,14-8+. The summed E-state index contributed by atoms with van der Waals surface area (Å²) in [5, 5.41) is 14.8. The van der Waals surface area contributed by atoms with Gasteiger partial charge in [-0.15, -0.1) is 0 Å². The number of rotatable bonds is 3. The van der Waals surface area contributed by atoms with Gasteiger partial charge in [-0.2, -0.15) is 20.4 Å². The average Bonchev–Trinajstić information content (AvgIpc) is 2.22. The van der Waals surface area contributed by atoms with Gasteiger partial charge in [0.2, 0.25) is 0 Å². The maximum atomic E-state index is 5.08. The Kier molecular flexibility index (Phi) is 5.13. The highest BCUT2D eigenvalue weighted by Gasteiger charge is 1.97. The fourth-order valence-corrected chi connectivity index (χ4v) is 0.482. The van der Waals surface area contributed by atoms with E-state index in [0.717, 1.165) is 0 Å². The summed E-state index contributed by atoms with van der Waals surface area (Å²) in [7, 11) is 0. The zero-order valence-electron chi connectivity index (χ0n) is 8.94. The summed E-state index contributed by atoms with van der Waals surface area (Å²) in [4.78, 5) is 0. The predicted octanol–water partition coefficient (Wildman–Crippen LogP) is 0.492. The Bertz CT molecular complexity index is 278. The molecule has 4 N–H and O–H groups in total. The van der Waals surface area contributed by atoms with Crippen LogP contribution in [0.15, 0.2) is 20.4 Å². The predicted molar refractivity (Wildman–Crippen MR) is 60.8 cm³/mol. The molecule has 0 bridgehead atoms. The van der Waals surface area contributed by atoms with Crippen LogP contribution in [0.2, 0.25) is 0 Å². The SMILES string of the molecule is CC(=N\N)/C(C)=N/N=C(C)/C(C)=N/N. The van der Waals surface area contributed by atoms with Crippen LogP contribution in [0.25, 0.3) is 0 Å². The molecule has 0 heterocycles. The Morgan fingerprint density at radius 3 is 1.14 bits per heavy atom. The Morgan fingerprint density at radius 1 is 0.643 bits per heavy atom. The second kappa shape index (κ2) is 5.85. The van der Waals surface area contributed by atoms with E-state index in [0.29, 0.717) is 22.8 Å². The van der Waals surface area contributed by atoms with Crippen LogP contribution in [0.1, 0.15) is 27.7 Å². The van der Waals surface area contributed by atoms with Crippen molar-refractivity contribution >= 4 is 22.8 Å². The van der Waals surface area contributed by atoms with Gasteiger partial charge < -0.3 is 11.7 Å². The first-order chi connectivity index (χ1) is 6.52. The van der Waals surface area contributed by atoms with E-state index in [-0.39, 0.29) is 0 Å². The zero-order valence-corrected chi connectivity index (χ0v) is 8.94. The summed E-state index contributed by atoms with van der Waals surface area (Å²) in [6.45, 7) is 7.07. The van der Waals surface area contributed by atoms with E-state index in [1.165, 1.54) is 0 Å². The van der Waals surface area contributed by atoms with E-state index in [1.54, 1.807) is 27.7 Å². The monoisotopic (exact) mass is 196 g/mol. The second-order valence-corrected chi connectivity index (χ2v) is 2.80. The molecule has 6 heteroatoms. The van der Waals surface area contributed by atoms with Crippen LogP contribution < -0.4 is 11.7 Å². The van der Waals surface area contributed by atoms with Gasteiger partial charge in [0.05, 0.1) is 22.8 Å². The van der Waals surface area contributed by atoms with Gasteiger partial charge in [0.1, 0.15) is 0 Å². The maximum absolute atomic E-state index is 5.08. The first-order valence-electron chi connectivity index (χ1n) is 4.11. The molecule has 0 fully saturated rings. The van der Waals surface area contributed by atoms with E-state index in [4.69, 9.17) is 11.7 Å². The Hall–Kier alpha value is -1.72. The van der Waals surface area contributed by atoms with Gasteiger partial charge >= 0.3 is 0 Å². The molecule has 0 aliphatic carbocycles. The quantitative estimate of drug-likeness (QED) is 0.390. The Morgan fingerprint density at radius 2 is 0.929 bits per heavy atom. The van der Waals surface area contributed by atoms with Crippen molar-refractivity contribution in [2.45, 2.75) is 27.7 Å². The van der Waals surface area contributed by atoms with Crippen LogP contribution in [0.4, 0.5) is 0 Å². The highest BCUT2D eigenvalue weighted by molar-refractivity contribution is 6.42. The molecule has 0 spiro atoms. The molecular formula is C8H16N6. The van der Waals surface area contributed by atoms with Gasteiger partial charge in [-0.1, -0.05) is 0 Å². The summed E-state index contributed by atoms with van der Waals surface area (Å²) >= 11 is 0. The van der Waals surface area contributed by atoms with Crippen molar-refractivity contribution < 1.29 is 0 Å². The molecule has 0 saturated heterocycles. The minimum Gasteiger partial charge on any atom is -0.323 e. The summed E-state index contributed by atoms with van der Waals surface area (Å²) in [6.07, 6.45) is 0. The van der Waals surface area contributed by atoms with Crippen molar-refractivity contribution in [1.29, 1.82) is 0 Å². The molecule has 0 amide bonds. The first kappa shape index (κ1) is 12.3. The lowest BCUT2D eigenvalue weighted by molar-refractivity contribution is 1.20. The lowest BCUT2D eigenvalue weighted by atomic mass is 10.3. The van der Waals surface area contributed by atoms with Gasteiger partial charge in [-0.05, 0) is 27.7 Å². The van der Waals surface area contributed by atoms with E-state index >= 15 is 0 Å². The molecule has 0 aromatic carbocycles. The smallest absolute Gasteiger partial charge is 0.0828 e. The van der Waals surface area contributed by atoms with Gasteiger partial charge in [0.15, 0.2) is 0 Å². The molecule has 0 saturated carbocycles. The molecule has 14 heavy (non-hydrogen) atoms. The topological polar surface area (TPSA) is 101 Å². The molecule has 78 valence electrons. The number of hydrogen-bond acceptors (Lipinski definition) is 6. The highest BCUT2D eigenvalue weighted by atomic mass is 15.2. The molecule has 6 nitrogen and oxygen atoms in total. The number of hydrogen-bond donors (Lipinski definition) is 2. The number of nitrogens with two attached hydrogens (primary N) is 2. The minimum atomic E-state index is 0.642. The minimum absolute atomic E-state index is 0.642. The lowest BCUT2D eigenvalue weighted by Crippen LogP contribution is -2.10. The third-order valence-electron chi connectivity index (χ3n) is 1.78. The fraction of sp³-hybridized carbons (Fsp3) is 0.500. The average molecular weight is 196 g/mol. The summed E-state index contributed by atoms with van der Waals surface area (Å²) in [5.41, 5.74) is 2.61. The largest absolute Gasteiger partial charge is 0.323 e. The molecule has 0 radical (unpaired) electrons. The Balaban J connectivity index is 4.71. The van der Waals surface area contributed by atoms with E-state index < -0.39 is 0 Å². The van der Waals surface area contributed by atoms with E-state index in [1.807, 2.05) is 0 Å². The third kappa shape index (κ3) is 3.79. The molecule has 0 atom stereocenters. The van der Waals surface area contributed by atoms with Crippen LogP contribution in [0.5, 0.6) is 0 Å². The molecule has 0 aromatic rings. The maximum Gasteiger partial charge on any atom is 0.0828 e. The van der Waals surface area contributed by atoms with E-state index in [2.05, 4.69) is 20.4 Å². The molecule has 0 aliphatic heterocycles. The molecule has 0 aliphatic rings. The first-order valence-corrected chi connectivity index (χ1v) is 4.11. The van der Waals surface area contributed by atoms with Gasteiger partial charge in [-0.3, -0.25) is 0 Å². The third-order valence-corrected chi connectivity index (χ3v) is 1.78. The second-order valence-electron chi connectivity index (χ2n) is 2.80.